The van der Waals surface area contributed by atoms with Crippen LogP contribution < -0.4 is 16.4 Å². The number of aliphatic carboxylic acids is 1. The molecule has 1 rings (SSSR count). The Kier molecular flexibility index (Phi) is 6.54. The van der Waals surface area contributed by atoms with E-state index in [4.69, 9.17) is 10.8 Å². The average Bonchev–Trinajstić information content (AvgIpc) is 2.43. The molecule has 0 heterocycles. The fourth-order valence-corrected chi connectivity index (χ4v) is 1.95. The van der Waals surface area contributed by atoms with E-state index in [1.54, 1.807) is 23.9 Å². The Balaban J connectivity index is 2.56. The normalized spacial score (nSPS) is 11.5. The molecule has 5 N–H and O–H groups in total. The number of carbonyl (C=O) groups is 3. The quantitative estimate of drug-likeness (QED) is 0.565. The molecule has 0 aliphatic heterocycles. The number of anilines is 1. The van der Waals surface area contributed by atoms with E-state index < -0.39 is 23.9 Å². The van der Waals surface area contributed by atoms with Gasteiger partial charge in [0, 0.05) is 17.0 Å². The van der Waals surface area contributed by atoms with Crippen LogP contribution in [0, 0.1) is 0 Å². The molecular formula is C13H17N3O4S. The highest BCUT2D eigenvalue weighted by Gasteiger charge is 2.20. The summed E-state index contributed by atoms with van der Waals surface area (Å²) in [6.45, 7) is 0. The molecule has 1 aromatic carbocycles. The number of hydrogen-bond donors (Lipinski definition) is 4. The predicted octanol–water partition coefficient (Wildman–Crippen LogP) is 1.25. The molecule has 0 saturated heterocycles. The number of amides is 3. The van der Waals surface area contributed by atoms with Crippen molar-refractivity contribution in [3.8, 4) is 0 Å². The van der Waals surface area contributed by atoms with Gasteiger partial charge in [0.25, 0.3) is 0 Å². The highest BCUT2D eigenvalue weighted by atomic mass is 32.2. The monoisotopic (exact) mass is 311 g/mol. The van der Waals surface area contributed by atoms with Crippen LogP contribution in [-0.4, -0.2) is 35.3 Å². The number of hydrogen-bond acceptors (Lipinski definition) is 4. The van der Waals surface area contributed by atoms with E-state index in [0.717, 1.165) is 4.90 Å². The molecule has 1 unspecified atom stereocenters. The van der Waals surface area contributed by atoms with Gasteiger partial charge in [-0.3, -0.25) is 4.79 Å². The van der Waals surface area contributed by atoms with Gasteiger partial charge in [-0.2, -0.15) is 0 Å². The van der Waals surface area contributed by atoms with Crippen molar-refractivity contribution < 1.29 is 19.5 Å². The number of carboxylic acid groups (broad SMARTS) is 1. The molecule has 7 nitrogen and oxygen atoms in total. The fraction of sp³-hybridized carbons (Fsp3) is 0.308. The van der Waals surface area contributed by atoms with Gasteiger partial charge in [0.2, 0.25) is 5.91 Å². The maximum absolute atomic E-state index is 11.7. The number of carboxylic acids is 1. The van der Waals surface area contributed by atoms with Gasteiger partial charge < -0.3 is 21.5 Å². The summed E-state index contributed by atoms with van der Waals surface area (Å²) in [7, 11) is 0. The van der Waals surface area contributed by atoms with E-state index in [-0.39, 0.29) is 12.8 Å². The van der Waals surface area contributed by atoms with E-state index in [1.807, 2.05) is 18.4 Å². The van der Waals surface area contributed by atoms with Crippen LogP contribution >= 0.6 is 11.8 Å². The van der Waals surface area contributed by atoms with Crippen molar-refractivity contribution in [1.82, 2.24) is 5.32 Å². The predicted molar refractivity (Wildman–Crippen MR) is 80.2 cm³/mol. The highest BCUT2D eigenvalue weighted by molar-refractivity contribution is 7.98. The summed E-state index contributed by atoms with van der Waals surface area (Å²) < 4.78 is 0. The lowest BCUT2D eigenvalue weighted by Gasteiger charge is -2.14. The Bertz CT molecular complexity index is 519. The maximum Gasteiger partial charge on any atom is 0.326 e. The maximum atomic E-state index is 11.7. The van der Waals surface area contributed by atoms with E-state index in [9.17, 15) is 14.4 Å². The van der Waals surface area contributed by atoms with Crippen molar-refractivity contribution >= 4 is 35.4 Å². The molecule has 0 radical (unpaired) electrons. The van der Waals surface area contributed by atoms with E-state index in [2.05, 4.69) is 10.6 Å². The van der Waals surface area contributed by atoms with Crippen molar-refractivity contribution in [2.45, 2.75) is 23.8 Å². The van der Waals surface area contributed by atoms with Crippen molar-refractivity contribution in [2.24, 2.45) is 5.73 Å². The Labute approximate surface area is 126 Å². The van der Waals surface area contributed by atoms with Gasteiger partial charge in [0.05, 0.1) is 0 Å². The second-order valence-electron chi connectivity index (χ2n) is 4.22. The van der Waals surface area contributed by atoms with Crippen LogP contribution in [0.15, 0.2) is 29.2 Å². The molecule has 0 aromatic heterocycles. The Morgan fingerprint density at radius 3 is 2.38 bits per heavy atom. The molecule has 0 bridgehead atoms. The van der Waals surface area contributed by atoms with Crippen molar-refractivity contribution in [2.75, 3.05) is 11.6 Å². The lowest BCUT2D eigenvalue weighted by Crippen LogP contribution is -2.43. The molecule has 114 valence electrons. The number of thioether (sulfide) groups is 1. The highest BCUT2D eigenvalue weighted by Crippen LogP contribution is 2.17. The minimum absolute atomic E-state index is 0.0521. The smallest absolute Gasteiger partial charge is 0.326 e. The number of nitrogens with one attached hydrogen (secondary N) is 2. The summed E-state index contributed by atoms with van der Waals surface area (Å²) in [5.74, 6) is -1.83. The van der Waals surface area contributed by atoms with E-state index in [1.165, 1.54) is 0 Å². The van der Waals surface area contributed by atoms with Crippen LogP contribution in [0.2, 0.25) is 0 Å². The second kappa shape index (κ2) is 8.15. The number of carbonyl (C=O) groups excluding carboxylic acids is 2. The molecule has 1 aromatic rings. The van der Waals surface area contributed by atoms with E-state index in [0.29, 0.717) is 5.69 Å². The van der Waals surface area contributed by atoms with Gasteiger partial charge in [-0.05, 0) is 36.9 Å². The minimum atomic E-state index is -1.22. The third-order valence-electron chi connectivity index (χ3n) is 2.63. The van der Waals surface area contributed by atoms with Gasteiger partial charge >= 0.3 is 12.0 Å². The van der Waals surface area contributed by atoms with Gasteiger partial charge in [0.1, 0.15) is 6.04 Å². The van der Waals surface area contributed by atoms with Crippen LogP contribution in [0.3, 0.4) is 0 Å². The molecule has 0 saturated carbocycles. The van der Waals surface area contributed by atoms with Crippen molar-refractivity contribution in [1.29, 1.82) is 0 Å². The first-order valence-electron chi connectivity index (χ1n) is 6.15. The molecule has 0 aliphatic rings. The zero-order chi connectivity index (χ0) is 15.8. The number of nitrogens with two attached hydrogens (primary N) is 1. The summed E-state index contributed by atoms with van der Waals surface area (Å²) >= 11 is 1.57. The van der Waals surface area contributed by atoms with Gasteiger partial charge in [-0.25, -0.2) is 9.59 Å². The number of benzene rings is 1. The summed E-state index contributed by atoms with van der Waals surface area (Å²) in [5, 5.41) is 13.8. The van der Waals surface area contributed by atoms with Crippen molar-refractivity contribution in [3.63, 3.8) is 0 Å². The Hall–Kier alpha value is -2.22. The van der Waals surface area contributed by atoms with E-state index >= 15 is 0 Å². The molecule has 0 spiro atoms. The van der Waals surface area contributed by atoms with Gasteiger partial charge in [-0.15, -0.1) is 11.8 Å². The van der Waals surface area contributed by atoms with Crippen LogP contribution in [0.4, 0.5) is 10.5 Å². The molecule has 0 fully saturated rings. The number of rotatable bonds is 7. The fourth-order valence-electron chi connectivity index (χ4n) is 1.54. The van der Waals surface area contributed by atoms with Crippen LogP contribution in [0.1, 0.15) is 12.8 Å². The van der Waals surface area contributed by atoms with Crippen molar-refractivity contribution in [3.05, 3.63) is 24.3 Å². The Morgan fingerprint density at radius 1 is 1.29 bits per heavy atom. The zero-order valence-electron chi connectivity index (χ0n) is 11.5. The lowest BCUT2D eigenvalue weighted by atomic mass is 10.1. The summed E-state index contributed by atoms with van der Waals surface area (Å²) in [6.07, 6.45) is 1.77. The molecule has 0 aliphatic carbocycles. The largest absolute Gasteiger partial charge is 0.480 e. The summed E-state index contributed by atoms with van der Waals surface area (Å²) in [5.41, 5.74) is 5.51. The third-order valence-corrected chi connectivity index (χ3v) is 3.37. The first kappa shape index (κ1) is 16.8. The zero-order valence-corrected chi connectivity index (χ0v) is 12.3. The summed E-state index contributed by atoms with van der Waals surface area (Å²) in [4.78, 5) is 34.4. The Morgan fingerprint density at radius 2 is 1.90 bits per heavy atom. The van der Waals surface area contributed by atoms with Gasteiger partial charge in [-0.1, -0.05) is 0 Å². The minimum Gasteiger partial charge on any atom is -0.480 e. The third kappa shape index (κ3) is 6.17. The molecular weight excluding hydrogens is 294 g/mol. The van der Waals surface area contributed by atoms with Crippen LogP contribution in [0.5, 0.6) is 0 Å². The van der Waals surface area contributed by atoms with Gasteiger partial charge in [0.15, 0.2) is 0 Å². The van der Waals surface area contributed by atoms with Crippen LogP contribution in [-0.2, 0) is 9.59 Å². The number of primary amides is 1. The first-order valence-corrected chi connectivity index (χ1v) is 7.37. The second-order valence-corrected chi connectivity index (χ2v) is 5.10. The molecule has 8 heteroatoms. The first-order chi connectivity index (χ1) is 9.92. The molecule has 1 atom stereocenters. The topological polar surface area (TPSA) is 122 Å². The lowest BCUT2D eigenvalue weighted by molar-refractivity contribution is -0.139. The average molecular weight is 311 g/mol. The molecule has 3 amide bonds. The van der Waals surface area contributed by atoms with Crippen LogP contribution in [0.25, 0.3) is 0 Å². The molecule has 21 heavy (non-hydrogen) atoms. The summed E-state index contributed by atoms with van der Waals surface area (Å²) in [6, 6.07) is 5.28. The SMILES string of the molecule is CSc1ccc(NC(=O)NC(CCC(N)=O)C(=O)O)cc1. The standard InChI is InChI=1S/C13H17N3O4S/c1-21-9-4-2-8(3-5-9)15-13(20)16-10(12(18)19)6-7-11(14)17/h2-5,10H,6-7H2,1H3,(H2,14,17)(H,18,19)(H2,15,16,20). The number of urea groups is 1.